The first-order chi connectivity index (χ1) is 17.3. The summed E-state index contributed by atoms with van der Waals surface area (Å²) < 4.78 is 10.5. The molecule has 0 bridgehead atoms. The molecule has 2 rings (SSSR count). The predicted molar refractivity (Wildman–Crippen MR) is 147 cm³/mol. The zero-order chi connectivity index (χ0) is 24.8. The molecule has 2 aromatic carbocycles. The molecule has 0 aromatic heterocycles. The van der Waals surface area contributed by atoms with Crippen molar-refractivity contribution in [1.29, 1.82) is 0 Å². The summed E-state index contributed by atoms with van der Waals surface area (Å²) >= 11 is 0. The molecule has 35 heavy (non-hydrogen) atoms. The minimum absolute atomic E-state index is 0.896. The number of methoxy groups -OCH3 is 2. The summed E-state index contributed by atoms with van der Waals surface area (Å²) in [5.74, 6) is 1.85. The van der Waals surface area contributed by atoms with Crippen LogP contribution in [0.1, 0.15) is 56.1 Å². The zero-order valence-corrected chi connectivity index (χ0v) is 22.0. The highest BCUT2D eigenvalue weighted by atomic mass is 16.5. The monoisotopic (exact) mass is 484 g/mol. The van der Waals surface area contributed by atoms with Gasteiger partial charge in [-0.05, 0) is 100 Å². The van der Waals surface area contributed by atoms with Crippen LogP contribution < -0.4 is 30.7 Å². The third kappa shape index (κ3) is 14.8. The van der Waals surface area contributed by atoms with Crippen molar-refractivity contribution in [2.24, 2.45) is 0 Å². The maximum absolute atomic E-state index is 5.27. The van der Waals surface area contributed by atoms with Gasteiger partial charge in [-0.15, -0.1) is 0 Å². The SMILES string of the molecule is COc1cccc(CNCCCNCCCCCCCNCCCNCc2cccc(OC)c2)c1. The van der Waals surface area contributed by atoms with E-state index >= 15 is 0 Å². The highest BCUT2D eigenvalue weighted by Crippen LogP contribution is 2.13. The average Bonchev–Trinajstić information content (AvgIpc) is 2.90. The smallest absolute Gasteiger partial charge is 0.119 e. The van der Waals surface area contributed by atoms with Gasteiger partial charge in [0.15, 0.2) is 0 Å². The summed E-state index contributed by atoms with van der Waals surface area (Å²) in [5, 5.41) is 14.1. The number of unbranched alkanes of at least 4 members (excludes halogenated alkanes) is 4. The van der Waals surface area contributed by atoms with Gasteiger partial charge in [-0.2, -0.15) is 0 Å². The topological polar surface area (TPSA) is 66.6 Å². The molecule has 4 N–H and O–H groups in total. The highest BCUT2D eigenvalue weighted by Gasteiger charge is 1.97. The Hall–Kier alpha value is -2.12. The molecule has 196 valence electrons. The van der Waals surface area contributed by atoms with Crippen LogP contribution in [-0.2, 0) is 13.1 Å². The van der Waals surface area contributed by atoms with E-state index in [0.29, 0.717) is 0 Å². The van der Waals surface area contributed by atoms with Gasteiger partial charge in [-0.1, -0.05) is 43.5 Å². The van der Waals surface area contributed by atoms with E-state index in [0.717, 1.165) is 76.7 Å². The Morgan fingerprint density at radius 3 is 1.34 bits per heavy atom. The van der Waals surface area contributed by atoms with E-state index in [-0.39, 0.29) is 0 Å². The first-order valence-electron chi connectivity index (χ1n) is 13.4. The van der Waals surface area contributed by atoms with Crippen molar-refractivity contribution in [3.05, 3.63) is 59.7 Å². The summed E-state index contributed by atoms with van der Waals surface area (Å²) in [5.41, 5.74) is 2.54. The van der Waals surface area contributed by atoms with Gasteiger partial charge in [0.25, 0.3) is 0 Å². The van der Waals surface area contributed by atoms with Crippen molar-refractivity contribution >= 4 is 0 Å². The highest BCUT2D eigenvalue weighted by molar-refractivity contribution is 5.29. The number of ether oxygens (including phenoxy) is 2. The van der Waals surface area contributed by atoms with Gasteiger partial charge >= 0.3 is 0 Å². The zero-order valence-electron chi connectivity index (χ0n) is 22.0. The molecule has 0 aliphatic carbocycles. The maximum Gasteiger partial charge on any atom is 0.119 e. The molecule has 2 aromatic rings. The van der Waals surface area contributed by atoms with Crippen LogP contribution in [0.25, 0.3) is 0 Å². The van der Waals surface area contributed by atoms with Crippen LogP contribution >= 0.6 is 0 Å². The maximum atomic E-state index is 5.27. The molecule has 0 aliphatic heterocycles. The molecule has 0 amide bonds. The molecule has 6 heteroatoms. The van der Waals surface area contributed by atoms with E-state index in [1.54, 1.807) is 14.2 Å². The van der Waals surface area contributed by atoms with Crippen LogP contribution in [0.4, 0.5) is 0 Å². The van der Waals surface area contributed by atoms with Crippen molar-refractivity contribution in [3.63, 3.8) is 0 Å². The lowest BCUT2D eigenvalue weighted by Gasteiger charge is -2.08. The van der Waals surface area contributed by atoms with Crippen molar-refractivity contribution in [2.75, 3.05) is 53.5 Å². The summed E-state index contributed by atoms with van der Waals surface area (Å²) in [6, 6.07) is 16.5. The van der Waals surface area contributed by atoms with Gasteiger partial charge in [-0.3, -0.25) is 0 Å². The van der Waals surface area contributed by atoms with E-state index in [2.05, 4.69) is 45.5 Å². The molecule has 0 fully saturated rings. The predicted octanol–water partition coefficient (Wildman–Crippen LogP) is 4.49. The minimum Gasteiger partial charge on any atom is -0.497 e. The Balaban J connectivity index is 1.26. The van der Waals surface area contributed by atoms with Crippen LogP contribution in [0.3, 0.4) is 0 Å². The first-order valence-corrected chi connectivity index (χ1v) is 13.4. The second-order valence-corrected chi connectivity index (χ2v) is 9.03. The Morgan fingerprint density at radius 1 is 0.486 bits per heavy atom. The lowest BCUT2D eigenvalue weighted by Crippen LogP contribution is -2.22. The van der Waals surface area contributed by atoms with Crippen LogP contribution in [0.5, 0.6) is 11.5 Å². The van der Waals surface area contributed by atoms with Gasteiger partial charge in [0.05, 0.1) is 14.2 Å². The van der Waals surface area contributed by atoms with E-state index < -0.39 is 0 Å². The van der Waals surface area contributed by atoms with Gasteiger partial charge < -0.3 is 30.7 Å². The van der Waals surface area contributed by atoms with Gasteiger partial charge in [0.2, 0.25) is 0 Å². The standard InChI is InChI=1S/C29H48N4O2/c1-34-28-14-8-12-26(22-28)24-32-20-10-18-30-16-6-4-3-5-7-17-31-19-11-21-33-25-27-13-9-15-29(23-27)35-2/h8-9,12-15,22-23,30-33H,3-7,10-11,16-21,24-25H2,1-2H3. The fraction of sp³-hybridized carbons (Fsp3) is 0.586. The van der Waals surface area contributed by atoms with Crippen LogP contribution in [0.2, 0.25) is 0 Å². The average molecular weight is 485 g/mol. The number of benzene rings is 2. The number of rotatable bonds is 22. The van der Waals surface area contributed by atoms with Gasteiger partial charge in [-0.25, -0.2) is 0 Å². The van der Waals surface area contributed by atoms with Crippen molar-refractivity contribution in [3.8, 4) is 11.5 Å². The van der Waals surface area contributed by atoms with Crippen molar-refractivity contribution in [2.45, 2.75) is 58.0 Å². The second kappa shape index (κ2) is 20.1. The van der Waals surface area contributed by atoms with Gasteiger partial charge in [0, 0.05) is 13.1 Å². The lowest BCUT2D eigenvalue weighted by molar-refractivity contribution is 0.414. The van der Waals surface area contributed by atoms with E-state index in [1.807, 2.05) is 24.3 Å². The van der Waals surface area contributed by atoms with Crippen LogP contribution in [0, 0.1) is 0 Å². The molecule has 0 heterocycles. The molecular formula is C29H48N4O2. The normalized spacial score (nSPS) is 11.0. The third-order valence-corrected chi connectivity index (χ3v) is 6.05. The Bertz CT molecular complexity index is 708. The molecular weight excluding hydrogens is 436 g/mol. The molecule has 0 unspecified atom stereocenters. The molecule has 0 saturated carbocycles. The Morgan fingerprint density at radius 2 is 0.886 bits per heavy atom. The third-order valence-electron chi connectivity index (χ3n) is 6.05. The van der Waals surface area contributed by atoms with Crippen LogP contribution in [-0.4, -0.2) is 53.5 Å². The van der Waals surface area contributed by atoms with E-state index in [9.17, 15) is 0 Å². The van der Waals surface area contributed by atoms with Crippen molar-refractivity contribution in [1.82, 2.24) is 21.3 Å². The van der Waals surface area contributed by atoms with E-state index in [1.165, 1.54) is 43.2 Å². The molecule has 0 radical (unpaired) electrons. The quantitative estimate of drug-likeness (QED) is 0.185. The summed E-state index contributed by atoms with van der Waals surface area (Å²) in [7, 11) is 3.42. The number of hydrogen-bond donors (Lipinski definition) is 4. The molecule has 0 atom stereocenters. The Labute approximate surface area is 213 Å². The second-order valence-electron chi connectivity index (χ2n) is 9.03. The van der Waals surface area contributed by atoms with Gasteiger partial charge in [0.1, 0.15) is 11.5 Å². The minimum atomic E-state index is 0.896. The summed E-state index contributed by atoms with van der Waals surface area (Å²) in [4.78, 5) is 0. The fourth-order valence-electron chi connectivity index (χ4n) is 3.99. The van der Waals surface area contributed by atoms with Crippen molar-refractivity contribution < 1.29 is 9.47 Å². The number of hydrogen-bond acceptors (Lipinski definition) is 6. The summed E-state index contributed by atoms with van der Waals surface area (Å²) in [6.07, 6.45) is 8.88. The van der Waals surface area contributed by atoms with Crippen LogP contribution in [0.15, 0.2) is 48.5 Å². The molecule has 0 saturated heterocycles. The van der Waals surface area contributed by atoms with E-state index in [4.69, 9.17) is 9.47 Å². The fourth-order valence-corrected chi connectivity index (χ4v) is 3.99. The lowest BCUT2D eigenvalue weighted by atomic mass is 10.1. The molecule has 0 aliphatic rings. The largest absolute Gasteiger partial charge is 0.497 e. The molecule has 6 nitrogen and oxygen atoms in total. The first kappa shape index (κ1) is 29.1. The number of nitrogens with one attached hydrogen (secondary N) is 4. The summed E-state index contributed by atoms with van der Waals surface area (Å²) in [6.45, 7) is 8.31. The molecule has 0 spiro atoms. The Kier molecular flexibility index (Phi) is 16.7.